The van der Waals surface area contributed by atoms with Gasteiger partial charge in [0.05, 0.1) is 12.8 Å². The standard InChI is InChI=1S/C21H25N5O2/c1-16-19(24-20(28-16)17-5-7-18(27-2)8-6-17)15-25-11-4-12-26(14-13-25)21-22-9-3-10-23-21/h3,5-10H,4,11-15H2,1-2H3. The first kappa shape index (κ1) is 18.4. The molecule has 0 spiro atoms. The molecule has 0 bridgehead atoms. The lowest BCUT2D eigenvalue weighted by atomic mass is 10.2. The molecular formula is C21H25N5O2. The van der Waals surface area contributed by atoms with Crippen LogP contribution in [0.4, 0.5) is 5.95 Å². The van der Waals surface area contributed by atoms with Gasteiger partial charge in [0, 0.05) is 50.7 Å². The second-order valence-electron chi connectivity index (χ2n) is 6.92. The van der Waals surface area contributed by atoms with Gasteiger partial charge >= 0.3 is 0 Å². The quantitative estimate of drug-likeness (QED) is 0.674. The molecule has 0 radical (unpaired) electrons. The molecule has 3 aromatic rings. The number of rotatable bonds is 5. The monoisotopic (exact) mass is 379 g/mol. The average Bonchev–Trinajstić information content (AvgIpc) is 2.95. The van der Waals surface area contributed by atoms with E-state index in [9.17, 15) is 0 Å². The number of hydrogen-bond donors (Lipinski definition) is 0. The zero-order valence-corrected chi connectivity index (χ0v) is 16.3. The molecule has 0 atom stereocenters. The number of oxazole rings is 1. The number of methoxy groups -OCH3 is 1. The maximum absolute atomic E-state index is 5.93. The number of aryl methyl sites for hydroxylation is 1. The third-order valence-corrected chi connectivity index (χ3v) is 5.03. The van der Waals surface area contributed by atoms with Gasteiger partial charge < -0.3 is 14.1 Å². The molecule has 0 saturated carbocycles. The van der Waals surface area contributed by atoms with Crippen LogP contribution >= 0.6 is 0 Å². The highest BCUT2D eigenvalue weighted by atomic mass is 16.5. The van der Waals surface area contributed by atoms with Crippen molar-refractivity contribution in [3.63, 3.8) is 0 Å². The van der Waals surface area contributed by atoms with E-state index in [0.717, 1.165) is 67.9 Å². The van der Waals surface area contributed by atoms with Gasteiger partial charge in [-0.2, -0.15) is 0 Å². The van der Waals surface area contributed by atoms with Gasteiger partial charge in [0.15, 0.2) is 0 Å². The van der Waals surface area contributed by atoms with Crippen LogP contribution in [0.2, 0.25) is 0 Å². The van der Waals surface area contributed by atoms with Gasteiger partial charge in [-0.3, -0.25) is 4.90 Å². The van der Waals surface area contributed by atoms with Crippen LogP contribution in [0.5, 0.6) is 5.75 Å². The summed E-state index contributed by atoms with van der Waals surface area (Å²) in [5.41, 5.74) is 1.95. The maximum atomic E-state index is 5.93. The second kappa shape index (κ2) is 8.39. The van der Waals surface area contributed by atoms with Crippen molar-refractivity contribution in [1.29, 1.82) is 0 Å². The van der Waals surface area contributed by atoms with Crippen molar-refractivity contribution in [1.82, 2.24) is 19.9 Å². The van der Waals surface area contributed by atoms with Gasteiger partial charge in [0.2, 0.25) is 11.8 Å². The lowest BCUT2D eigenvalue weighted by molar-refractivity contribution is 0.281. The molecule has 7 heteroatoms. The third kappa shape index (κ3) is 4.14. The van der Waals surface area contributed by atoms with Crippen molar-refractivity contribution in [2.75, 3.05) is 38.2 Å². The molecule has 1 fully saturated rings. The highest BCUT2D eigenvalue weighted by Crippen LogP contribution is 2.25. The van der Waals surface area contributed by atoms with E-state index in [0.29, 0.717) is 5.89 Å². The van der Waals surface area contributed by atoms with Crippen molar-refractivity contribution < 1.29 is 9.15 Å². The van der Waals surface area contributed by atoms with Crippen molar-refractivity contribution in [3.8, 4) is 17.2 Å². The molecule has 4 rings (SSSR count). The number of anilines is 1. The number of aromatic nitrogens is 3. The Labute approximate surface area is 165 Å². The Balaban J connectivity index is 1.42. The molecular weight excluding hydrogens is 354 g/mol. The van der Waals surface area contributed by atoms with Gasteiger partial charge in [-0.15, -0.1) is 0 Å². The van der Waals surface area contributed by atoms with Crippen LogP contribution in [-0.2, 0) is 6.54 Å². The summed E-state index contributed by atoms with van der Waals surface area (Å²) < 4.78 is 11.1. The highest BCUT2D eigenvalue weighted by Gasteiger charge is 2.19. The molecule has 28 heavy (non-hydrogen) atoms. The third-order valence-electron chi connectivity index (χ3n) is 5.03. The Bertz CT molecular complexity index is 895. The fourth-order valence-corrected chi connectivity index (χ4v) is 3.43. The Morgan fingerprint density at radius 2 is 1.82 bits per heavy atom. The summed E-state index contributed by atoms with van der Waals surface area (Å²) in [6.45, 7) is 6.61. The van der Waals surface area contributed by atoms with Crippen LogP contribution in [0.15, 0.2) is 47.1 Å². The van der Waals surface area contributed by atoms with E-state index in [1.54, 1.807) is 19.5 Å². The van der Waals surface area contributed by atoms with E-state index >= 15 is 0 Å². The van der Waals surface area contributed by atoms with E-state index < -0.39 is 0 Å². The molecule has 0 N–H and O–H groups in total. The summed E-state index contributed by atoms with van der Waals surface area (Å²) in [6.07, 6.45) is 4.66. The Kier molecular flexibility index (Phi) is 5.53. The molecule has 0 amide bonds. The van der Waals surface area contributed by atoms with Gasteiger partial charge in [-0.1, -0.05) is 0 Å². The average molecular weight is 379 g/mol. The summed E-state index contributed by atoms with van der Waals surface area (Å²) in [7, 11) is 1.66. The first-order valence-electron chi connectivity index (χ1n) is 9.58. The van der Waals surface area contributed by atoms with Crippen LogP contribution in [0.25, 0.3) is 11.5 Å². The van der Waals surface area contributed by atoms with Gasteiger partial charge in [-0.05, 0) is 43.7 Å². The van der Waals surface area contributed by atoms with Crippen molar-refractivity contribution in [3.05, 3.63) is 54.2 Å². The zero-order valence-electron chi connectivity index (χ0n) is 16.3. The predicted molar refractivity (Wildman–Crippen MR) is 107 cm³/mol. The van der Waals surface area contributed by atoms with E-state index in [2.05, 4.69) is 19.8 Å². The molecule has 0 unspecified atom stereocenters. The van der Waals surface area contributed by atoms with Crippen LogP contribution < -0.4 is 9.64 Å². The van der Waals surface area contributed by atoms with Gasteiger partial charge in [-0.25, -0.2) is 15.0 Å². The SMILES string of the molecule is COc1ccc(-c2nc(CN3CCCN(c4ncccn4)CC3)c(C)o2)cc1. The van der Waals surface area contributed by atoms with E-state index in [4.69, 9.17) is 14.1 Å². The minimum absolute atomic E-state index is 0.657. The minimum atomic E-state index is 0.657. The van der Waals surface area contributed by atoms with Gasteiger partial charge in [0.25, 0.3) is 0 Å². The zero-order chi connectivity index (χ0) is 19.3. The second-order valence-corrected chi connectivity index (χ2v) is 6.92. The summed E-state index contributed by atoms with van der Waals surface area (Å²) in [5.74, 6) is 3.16. The summed E-state index contributed by atoms with van der Waals surface area (Å²) in [4.78, 5) is 18.2. The van der Waals surface area contributed by atoms with Crippen LogP contribution in [0.1, 0.15) is 17.9 Å². The fourth-order valence-electron chi connectivity index (χ4n) is 3.43. The lowest BCUT2D eigenvalue weighted by Crippen LogP contribution is -2.31. The van der Waals surface area contributed by atoms with E-state index in [1.165, 1.54) is 0 Å². The largest absolute Gasteiger partial charge is 0.497 e. The number of nitrogens with zero attached hydrogens (tertiary/aromatic N) is 5. The number of benzene rings is 1. The smallest absolute Gasteiger partial charge is 0.226 e. The van der Waals surface area contributed by atoms with E-state index in [1.807, 2.05) is 37.3 Å². The predicted octanol–water partition coefficient (Wildman–Crippen LogP) is 3.16. The molecule has 1 saturated heterocycles. The minimum Gasteiger partial charge on any atom is -0.497 e. The summed E-state index contributed by atoms with van der Waals surface area (Å²) in [5, 5.41) is 0. The van der Waals surface area contributed by atoms with Crippen molar-refractivity contribution in [2.24, 2.45) is 0 Å². The van der Waals surface area contributed by atoms with Gasteiger partial charge in [0.1, 0.15) is 11.5 Å². The first-order chi connectivity index (χ1) is 13.7. The molecule has 3 heterocycles. The van der Waals surface area contributed by atoms with Crippen LogP contribution in [0.3, 0.4) is 0 Å². The normalized spacial score (nSPS) is 15.4. The molecule has 1 aliphatic heterocycles. The molecule has 1 aromatic carbocycles. The Morgan fingerprint density at radius 3 is 2.57 bits per heavy atom. The van der Waals surface area contributed by atoms with Crippen molar-refractivity contribution >= 4 is 5.95 Å². The lowest BCUT2D eigenvalue weighted by Gasteiger charge is -2.21. The Hall–Kier alpha value is -2.93. The topological polar surface area (TPSA) is 67.5 Å². The maximum Gasteiger partial charge on any atom is 0.226 e. The molecule has 1 aliphatic rings. The highest BCUT2D eigenvalue weighted by molar-refractivity contribution is 5.55. The molecule has 146 valence electrons. The number of hydrogen-bond acceptors (Lipinski definition) is 7. The first-order valence-corrected chi connectivity index (χ1v) is 9.58. The molecule has 0 aliphatic carbocycles. The van der Waals surface area contributed by atoms with Crippen LogP contribution in [0, 0.1) is 6.92 Å². The molecule has 7 nitrogen and oxygen atoms in total. The van der Waals surface area contributed by atoms with Crippen molar-refractivity contribution in [2.45, 2.75) is 19.9 Å². The number of ether oxygens (including phenoxy) is 1. The fraction of sp³-hybridized carbons (Fsp3) is 0.381. The van der Waals surface area contributed by atoms with E-state index in [-0.39, 0.29) is 0 Å². The van der Waals surface area contributed by atoms with Crippen LogP contribution in [-0.4, -0.2) is 53.1 Å². The summed E-state index contributed by atoms with van der Waals surface area (Å²) in [6, 6.07) is 9.63. The summed E-state index contributed by atoms with van der Waals surface area (Å²) >= 11 is 0. The molecule has 2 aromatic heterocycles. The Morgan fingerprint density at radius 1 is 1.04 bits per heavy atom.